The summed E-state index contributed by atoms with van der Waals surface area (Å²) >= 11 is 0. The quantitative estimate of drug-likeness (QED) is 0.742. The van der Waals surface area contributed by atoms with Gasteiger partial charge in [-0.2, -0.15) is 0 Å². The Bertz CT molecular complexity index is 317. The van der Waals surface area contributed by atoms with Gasteiger partial charge < -0.3 is 10.0 Å². The van der Waals surface area contributed by atoms with Crippen LogP contribution < -0.4 is 5.32 Å². The molecule has 110 valence electrons. The predicted molar refractivity (Wildman–Crippen MR) is 76.3 cm³/mol. The lowest BCUT2D eigenvalue weighted by atomic mass is 9.93. The van der Waals surface area contributed by atoms with E-state index in [1.165, 1.54) is 19.3 Å². The number of nitrogens with zero attached hydrogens (tertiary/aromatic N) is 1. The molecule has 0 bridgehead atoms. The first kappa shape index (κ1) is 14.8. The van der Waals surface area contributed by atoms with E-state index in [9.17, 15) is 9.90 Å². The van der Waals surface area contributed by atoms with Crippen molar-refractivity contribution < 1.29 is 9.90 Å². The molecule has 19 heavy (non-hydrogen) atoms. The molecule has 4 nitrogen and oxygen atoms in total. The van der Waals surface area contributed by atoms with E-state index < -0.39 is 11.5 Å². The molecule has 1 saturated carbocycles. The van der Waals surface area contributed by atoms with Crippen LogP contribution in [0.15, 0.2) is 0 Å². The zero-order chi connectivity index (χ0) is 13.9. The number of carboxylic acid groups (broad SMARTS) is 1. The summed E-state index contributed by atoms with van der Waals surface area (Å²) in [5, 5.41) is 12.8. The van der Waals surface area contributed by atoms with Gasteiger partial charge in [-0.1, -0.05) is 13.3 Å². The molecule has 0 aromatic heterocycles. The summed E-state index contributed by atoms with van der Waals surface area (Å²) in [7, 11) is 0. The number of nitrogens with one attached hydrogen (secondary N) is 1. The molecule has 2 fully saturated rings. The molecular weight excluding hydrogens is 240 g/mol. The van der Waals surface area contributed by atoms with E-state index in [1.807, 2.05) is 6.92 Å². The van der Waals surface area contributed by atoms with Crippen molar-refractivity contribution in [1.82, 2.24) is 10.2 Å². The van der Waals surface area contributed by atoms with Crippen LogP contribution in [-0.2, 0) is 4.79 Å². The number of carboxylic acids is 1. The van der Waals surface area contributed by atoms with Crippen LogP contribution in [0.3, 0.4) is 0 Å². The van der Waals surface area contributed by atoms with Crippen LogP contribution in [0.1, 0.15) is 52.4 Å². The number of piperidine rings is 1. The molecule has 2 rings (SSSR count). The van der Waals surface area contributed by atoms with E-state index in [4.69, 9.17) is 0 Å². The Morgan fingerprint density at radius 3 is 2.74 bits per heavy atom. The highest BCUT2D eigenvalue weighted by Crippen LogP contribution is 2.25. The van der Waals surface area contributed by atoms with Crippen molar-refractivity contribution in [2.45, 2.75) is 64.0 Å². The van der Waals surface area contributed by atoms with Crippen LogP contribution in [0.5, 0.6) is 0 Å². The fourth-order valence-corrected chi connectivity index (χ4v) is 2.99. The molecule has 1 saturated heterocycles. The van der Waals surface area contributed by atoms with Crippen molar-refractivity contribution in [1.29, 1.82) is 0 Å². The summed E-state index contributed by atoms with van der Waals surface area (Å²) < 4.78 is 0. The maximum atomic E-state index is 11.5. The summed E-state index contributed by atoms with van der Waals surface area (Å²) in [6, 6.07) is 0.436. The van der Waals surface area contributed by atoms with Crippen molar-refractivity contribution in [3.05, 3.63) is 0 Å². The molecule has 0 radical (unpaired) electrons. The van der Waals surface area contributed by atoms with Gasteiger partial charge in [-0.05, 0) is 51.5 Å². The number of hydrogen-bond donors (Lipinski definition) is 2. The number of rotatable bonds is 7. The number of carbonyl (C=O) groups is 1. The van der Waals surface area contributed by atoms with Gasteiger partial charge in [0.15, 0.2) is 0 Å². The van der Waals surface area contributed by atoms with Gasteiger partial charge in [-0.25, -0.2) is 0 Å². The maximum absolute atomic E-state index is 11.5. The average Bonchev–Trinajstić information content (AvgIpc) is 3.20. The molecule has 0 amide bonds. The standard InChI is InChI=1S/C15H28N2O2/c1-3-12-5-4-9-17(11-12)10-8-15(2,14(18)19)16-13-6-7-13/h12-13,16H,3-11H2,1-2H3,(H,18,19). The SMILES string of the molecule is CCC1CCCN(CCC(C)(NC2CC2)C(=O)O)C1. The molecule has 1 aliphatic carbocycles. The third-order valence-corrected chi connectivity index (χ3v) is 4.68. The second-order valence-corrected chi connectivity index (χ2v) is 6.52. The van der Waals surface area contributed by atoms with Gasteiger partial charge in [0.1, 0.15) is 5.54 Å². The topological polar surface area (TPSA) is 52.6 Å². The molecule has 0 aromatic rings. The largest absolute Gasteiger partial charge is 0.480 e. The van der Waals surface area contributed by atoms with Crippen molar-refractivity contribution in [3.63, 3.8) is 0 Å². The van der Waals surface area contributed by atoms with E-state index >= 15 is 0 Å². The fraction of sp³-hybridized carbons (Fsp3) is 0.933. The molecule has 1 aliphatic heterocycles. The van der Waals surface area contributed by atoms with Crippen LogP contribution >= 0.6 is 0 Å². The van der Waals surface area contributed by atoms with Crippen LogP contribution in [0.4, 0.5) is 0 Å². The molecule has 2 aliphatic rings. The van der Waals surface area contributed by atoms with Gasteiger partial charge in [-0.3, -0.25) is 10.1 Å². The summed E-state index contributed by atoms with van der Waals surface area (Å²) in [6.45, 7) is 7.28. The first-order valence-corrected chi connectivity index (χ1v) is 7.77. The Labute approximate surface area is 116 Å². The van der Waals surface area contributed by atoms with Crippen LogP contribution in [-0.4, -0.2) is 47.2 Å². The molecule has 2 N–H and O–H groups in total. The minimum Gasteiger partial charge on any atom is -0.480 e. The molecule has 0 aromatic carbocycles. The molecule has 2 unspecified atom stereocenters. The van der Waals surface area contributed by atoms with Gasteiger partial charge in [0.25, 0.3) is 0 Å². The monoisotopic (exact) mass is 268 g/mol. The number of hydrogen-bond acceptors (Lipinski definition) is 3. The Hall–Kier alpha value is -0.610. The van der Waals surface area contributed by atoms with E-state index in [0.717, 1.165) is 38.4 Å². The van der Waals surface area contributed by atoms with Crippen molar-refractivity contribution in [3.8, 4) is 0 Å². The first-order valence-electron chi connectivity index (χ1n) is 7.77. The predicted octanol–water partition coefficient (Wildman–Crippen LogP) is 2.09. The number of aliphatic carboxylic acids is 1. The van der Waals surface area contributed by atoms with Gasteiger partial charge >= 0.3 is 5.97 Å². The molecule has 0 spiro atoms. The minimum absolute atomic E-state index is 0.436. The number of likely N-dealkylation sites (tertiary alicyclic amines) is 1. The fourth-order valence-electron chi connectivity index (χ4n) is 2.99. The van der Waals surface area contributed by atoms with Crippen molar-refractivity contribution >= 4 is 5.97 Å². The van der Waals surface area contributed by atoms with Crippen LogP contribution in [0.25, 0.3) is 0 Å². The van der Waals surface area contributed by atoms with Gasteiger partial charge in [0, 0.05) is 19.1 Å². The van der Waals surface area contributed by atoms with E-state index in [-0.39, 0.29) is 0 Å². The Morgan fingerprint density at radius 1 is 1.42 bits per heavy atom. The second-order valence-electron chi connectivity index (χ2n) is 6.52. The zero-order valence-corrected chi connectivity index (χ0v) is 12.3. The van der Waals surface area contributed by atoms with Gasteiger partial charge in [0.05, 0.1) is 0 Å². The third-order valence-electron chi connectivity index (χ3n) is 4.68. The van der Waals surface area contributed by atoms with Gasteiger partial charge in [-0.15, -0.1) is 0 Å². The Kier molecular flexibility index (Phi) is 4.85. The van der Waals surface area contributed by atoms with Crippen LogP contribution in [0.2, 0.25) is 0 Å². The smallest absolute Gasteiger partial charge is 0.323 e. The lowest BCUT2D eigenvalue weighted by Crippen LogP contribution is -2.52. The Balaban J connectivity index is 1.82. The van der Waals surface area contributed by atoms with E-state index in [0.29, 0.717) is 12.5 Å². The lowest BCUT2D eigenvalue weighted by Gasteiger charge is -2.35. The molecule has 2 atom stereocenters. The molecule has 1 heterocycles. The van der Waals surface area contributed by atoms with Crippen molar-refractivity contribution in [2.75, 3.05) is 19.6 Å². The maximum Gasteiger partial charge on any atom is 0.323 e. The highest BCUT2D eigenvalue weighted by atomic mass is 16.4. The lowest BCUT2D eigenvalue weighted by molar-refractivity contribution is -0.144. The first-order chi connectivity index (χ1) is 9.03. The minimum atomic E-state index is -0.750. The second kappa shape index (κ2) is 6.23. The van der Waals surface area contributed by atoms with Gasteiger partial charge in [0.2, 0.25) is 0 Å². The van der Waals surface area contributed by atoms with E-state index in [2.05, 4.69) is 17.1 Å². The average molecular weight is 268 g/mol. The Morgan fingerprint density at radius 2 is 2.16 bits per heavy atom. The van der Waals surface area contributed by atoms with Crippen LogP contribution in [0, 0.1) is 5.92 Å². The summed E-state index contributed by atoms with van der Waals surface area (Å²) in [6.07, 6.45) is 6.80. The van der Waals surface area contributed by atoms with E-state index in [1.54, 1.807) is 0 Å². The molecular formula is C15H28N2O2. The normalized spacial score (nSPS) is 28.0. The molecule has 4 heteroatoms. The zero-order valence-electron chi connectivity index (χ0n) is 12.3. The highest BCUT2D eigenvalue weighted by Gasteiger charge is 2.38. The summed E-state index contributed by atoms with van der Waals surface area (Å²) in [5.74, 6) is 0.102. The highest BCUT2D eigenvalue weighted by molar-refractivity contribution is 5.78. The third kappa shape index (κ3) is 4.18. The van der Waals surface area contributed by atoms with Crippen molar-refractivity contribution in [2.24, 2.45) is 5.92 Å². The summed E-state index contributed by atoms with van der Waals surface area (Å²) in [5.41, 5.74) is -0.750. The summed E-state index contributed by atoms with van der Waals surface area (Å²) in [4.78, 5) is 13.9.